The van der Waals surface area contributed by atoms with Crippen molar-refractivity contribution in [3.8, 4) is 11.5 Å². The molecule has 25 heavy (non-hydrogen) atoms. The number of nitrogens with zero attached hydrogens (tertiary/aromatic N) is 2. The van der Waals surface area contributed by atoms with Crippen molar-refractivity contribution in [3.05, 3.63) is 23.5 Å². The Morgan fingerprint density at radius 3 is 2.00 bits per heavy atom. The Kier molecular flexibility index (Phi) is 5.22. The second-order valence-electron chi connectivity index (χ2n) is 4.67. The van der Waals surface area contributed by atoms with E-state index in [1.54, 1.807) is 0 Å². The average molecular weight is 347 g/mol. The third-order valence-electron chi connectivity index (χ3n) is 2.78. The molecular formula is C15H11N2O8. The Balaban J connectivity index is 2.66. The van der Waals surface area contributed by atoms with E-state index in [2.05, 4.69) is 14.7 Å². The minimum Gasteiger partial charge on any atom is -0.476 e. The number of carbonyl (C=O) groups excluding carboxylic acids is 3. The van der Waals surface area contributed by atoms with Crippen LogP contribution in [-0.4, -0.2) is 39.5 Å². The summed E-state index contributed by atoms with van der Waals surface area (Å²) in [4.78, 5) is 51.8. The Labute approximate surface area is 140 Å². The van der Waals surface area contributed by atoms with Crippen LogP contribution in [0.3, 0.4) is 0 Å². The minimum atomic E-state index is -1.39. The predicted molar refractivity (Wildman–Crippen MR) is 79.6 cm³/mol. The van der Waals surface area contributed by atoms with Crippen molar-refractivity contribution in [2.45, 2.75) is 20.5 Å². The van der Waals surface area contributed by atoms with E-state index in [-0.39, 0.29) is 28.2 Å². The predicted octanol–water partition coefficient (Wildman–Crippen LogP) is 0.762. The highest BCUT2D eigenvalue weighted by Gasteiger charge is 2.19. The number of ether oxygens (including phenoxy) is 3. The van der Waals surface area contributed by atoms with Crippen LogP contribution in [0.1, 0.15) is 30.0 Å². The molecule has 1 radical (unpaired) electrons. The fourth-order valence-electron chi connectivity index (χ4n) is 1.94. The standard InChI is InChI=1S/C15H11N2O8/c1-7(19)24-12-3-9-10(4-13(12)25-8(2)20)17-14(15(21)22)11(16-9)5-23-6-18/h3-4H,5H2,1-2H3,(H,21,22). The quantitative estimate of drug-likeness (QED) is 0.587. The number of fused-ring (bicyclic) bond motifs is 1. The molecule has 0 saturated carbocycles. The number of carbonyl (C=O) groups is 3. The lowest BCUT2D eigenvalue weighted by Crippen LogP contribution is -2.11. The summed E-state index contributed by atoms with van der Waals surface area (Å²) < 4.78 is 14.3. The van der Waals surface area contributed by atoms with Crippen LogP contribution in [0.25, 0.3) is 11.0 Å². The van der Waals surface area contributed by atoms with Crippen molar-refractivity contribution in [1.82, 2.24) is 9.97 Å². The molecule has 0 saturated heterocycles. The molecule has 0 atom stereocenters. The van der Waals surface area contributed by atoms with Gasteiger partial charge in [-0.2, -0.15) is 0 Å². The summed E-state index contributed by atoms with van der Waals surface area (Å²) in [5.74, 6) is -2.95. The van der Waals surface area contributed by atoms with E-state index < -0.39 is 30.2 Å². The van der Waals surface area contributed by atoms with E-state index >= 15 is 0 Å². The molecule has 2 aromatic rings. The van der Waals surface area contributed by atoms with Gasteiger partial charge in [-0.1, -0.05) is 0 Å². The molecule has 10 nitrogen and oxygen atoms in total. The monoisotopic (exact) mass is 347 g/mol. The average Bonchev–Trinajstić information content (AvgIpc) is 2.51. The summed E-state index contributed by atoms with van der Waals surface area (Å²) in [6.07, 6.45) is 0. The maximum atomic E-state index is 11.3. The van der Waals surface area contributed by atoms with Crippen LogP contribution in [0.15, 0.2) is 12.1 Å². The van der Waals surface area contributed by atoms with E-state index in [1.165, 1.54) is 12.1 Å². The van der Waals surface area contributed by atoms with Gasteiger partial charge in [0, 0.05) is 26.0 Å². The van der Waals surface area contributed by atoms with E-state index in [0.29, 0.717) is 0 Å². The van der Waals surface area contributed by atoms with Gasteiger partial charge in [-0.3, -0.25) is 9.59 Å². The van der Waals surface area contributed by atoms with Gasteiger partial charge in [0.15, 0.2) is 17.2 Å². The first kappa shape index (κ1) is 17.8. The maximum Gasteiger partial charge on any atom is 0.417 e. The molecule has 0 spiro atoms. The molecule has 1 N–H and O–H groups in total. The van der Waals surface area contributed by atoms with Crippen LogP contribution in [0.5, 0.6) is 11.5 Å². The van der Waals surface area contributed by atoms with Crippen LogP contribution in [-0.2, 0) is 25.7 Å². The van der Waals surface area contributed by atoms with Gasteiger partial charge in [0.05, 0.1) is 11.0 Å². The summed E-state index contributed by atoms with van der Waals surface area (Å²) in [6, 6.07) is 2.46. The van der Waals surface area contributed by atoms with Crippen molar-refractivity contribution in [1.29, 1.82) is 0 Å². The lowest BCUT2D eigenvalue weighted by Gasteiger charge is -2.11. The molecule has 0 aliphatic carbocycles. The molecule has 10 heteroatoms. The molecule has 0 aliphatic heterocycles. The molecule has 0 amide bonds. The maximum absolute atomic E-state index is 11.3. The van der Waals surface area contributed by atoms with Gasteiger partial charge < -0.3 is 19.3 Å². The van der Waals surface area contributed by atoms with E-state index in [4.69, 9.17) is 9.47 Å². The van der Waals surface area contributed by atoms with Crippen molar-refractivity contribution in [2.75, 3.05) is 0 Å². The number of hydrogen-bond acceptors (Lipinski definition) is 9. The molecule has 1 aromatic heterocycles. The molecule has 0 unspecified atom stereocenters. The first-order valence-corrected chi connectivity index (χ1v) is 6.75. The van der Waals surface area contributed by atoms with Crippen LogP contribution in [0, 0.1) is 0 Å². The fourth-order valence-corrected chi connectivity index (χ4v) is 1.94. The van der Waals surface area contributed by atoms with Crippen LogP contribution < -0.4 is 9.47 Å². The van der Waals surface area contributed by atoms with Gasteiger partial charge in [0.1, 0.15) is 12.3 Å². The summed E-state index contributed by atoms with van der Waals surface area (Å²) >= 11 is 0. The van der Waals surface area contributed by atoms with Gasteiger partial charge in [0.25, 0.3) is 0 Å². The van der Waals surface area contributed by atoms with Crippen LogP contribution in [0.2, 0.25) is 0 Å². The van der Waals surface area contributed by atoms with E-state index in [0.717, 1.165) is 20.3 Å². The SMILES string of the molecule is CC(=O)Oc1cc2nc(CO[C]=O)c(C(=O)O)nc2cc1OC(C)=O. The highest BCUT2D eigenvalue weighted by molar-refractivity contribution is 5.91. The van der Waals surface area contributed by atoms with Crippen molar-refractivity contribution in [3.63, 3.8) is 0 Å². The number of esters is 2. The van der Waals surface area contributed by atoms with Gasteiger partial charge in [-0.05, 0) is 0 Å². The number of aromatic nitrogens is 2. The van der Waals surface area contributed by atoms with Crippen LogP contribution >= 0.6 is 0 Å². The molecule has 0 bridgehead atoms. The van der Waals surface area contributed by atoms with Gasteiger partial charge in [-0.25, -0.2) is 19.6 Å². The Morgan fingerprint density at radius 2 is 1.56 bits per heavy atom. The first-order valence-electron chi connectivity index (χ1n) is 6.75. The van der Waals surface area contributed by atoms with Crippen molar-refractivity contribution in [2.24, 2.45) is 0 Å². The van der Waals surface area contributed by atoms with E-state index in [1.807, 2.05) is 0 Å². The van der Waals surface area contributed by atoms with E-state index in [9.17, 15) is 24.3 Å². The zero-order valence-corrected chi connectivity index (χ0v) is 13.1. The zero-order chi connectivity index (χ0) is 18.6. The molecule has 0 fully saturated rings. The van der Waals surface area contributed by atoms with Crippen molar-refractivity contribution < 1.29 is 38.5 Å². The lowest BCUT2D eigenvalue weighted by atomic mass is 10.2. The highest BCUT2D eigenvalue weighted by atomic mass is 16.6. The number of benzene rings is 1. The largest absolute Gasteiger partial charge is 0.476 e. The zero-order valence-electron chi connectivity index (χ0n) is 13.1. The minimum absolute atomic E-state index is 0.0726. The molecule has 129 valence electrons. The number of aromatic carboxylic acids is 1. The van der Waals surface area contributed by atoms with Gasteiger partial charge in [0.2, 0.25) is 0 Å². The van der Waals surface area contributed by atoms with Gasteiger partial charge in [-0.15, -0.1) is 0 Å². The summed E-state index contributed by atoms with van der Waals surface area (Å²) in [7, 11) is 0. The lowest BCUT2D eigenvalue weighted by molar-refractivity contribution is -0.134. The Morgan fingerprint density at radius 1 is 1.04 bits per heavy atom. The summed E-state index contributed by atoms with van der Waals surface area (Å²) in [5.41, 5.74) is -0.362. The number of rotatable bonds is 6. The smallest absolute Gasteiger partial charge is 0.417 e. The molecule has 0 aliphatic rings. The molecule has 1 aromatic carbocycles. The summed E-state index contributed by atoms with van der Waals surface area (Å²) in [6.45, 7) is 3.00. The molecule has 2 rings (SSSR count). The first-order chi connectivity index (χ1) is 11.8. The number of carboxylic acids is 1. The third kappa shape index (κ3) is 4.25. The third-order valence-corrected chi connectivity index (χ3v) is 2.78. The Hall–Kier alpha value is -3.56. The topological polar surface area (TPSA) is 142 Å². The molecular weight excluding hydrogens is 336 g/mol. The summed E-state index contributed by atoms with van der Waals surface area (Å²) in [5, 5.41) is 9.20. The van der Waals surface area contributed by atoms with Crippen molar-refractivity contribution >= 4 is 35.4 Å². The normalized spacial score (nSPS) is 10.2. The van der Waals surface area contributed by atoms with Gasteiger partial charge >= 0.3 is 24.4 Å². The second kappa shape index (κ2) is 7.34. The molecule has 1 heterocycles. The second-order valence-corrected chi connectivity index (χ2v) is 4.67. The number of hydrogen-bond donors (Lipinski definition) is 1. The van der Waals surface area contributed by atoms with Crippen LogP contribution in [0.4, 0.5) is 0 Å². The number of carboxylic acid groups (broad SMARTS) is 1. The highest BCUT2D eigenvalue weighted by Crippen LogP contribution is 2.32. The fraction of sp³-hybridized carbons (Fsp3) is 0.200. The Bertz CT molecular complexity index is 877.